The first-order chi connectivity index (χ1) is 22.6. The number of fused-ring (bicyclic) bond motifs is 1. The number of nitrogens with one attached hydrogen (secondary N) is 1. The molecular formula is C32H43NO15. The number of carbonyl (C=O) groups is 5. The molecule has 266 valence electrons. The van der Waals surface area contributed by atoms with Crippen LogP contribution in [0.5, 0.6) is 0 Å². The lowest BCUT2D eigenvalue weighted by atomic mass is 9.94. The molecule has 4 rings (SSSR count). The molecule has 0 aromatic heterocycles. The Balaban J connectivity index is 1.76. The summed E-state index contributed by atoms with van der Waals surface area (Å²) in [5, 5.41) is 2.83. The van der Waals surface area contributed by atoms with E-state index in [1.54, 1.807) is 13.8 Å². The first-order valence-corrected chi connectivity index (χ1v) is 15.5. The summed E-state index contributed by atoms with van der Waals surface area (Å²) in [6, 6.07) is 8.25. The van der Waals surface area contributed by atoms with Crippen LogP contribution in [0, 0.1) is 0 Å². The molecule has 1 aromatic carbocycles. The molecule has 1 N–H and O–H groups in total. The van der Waals surface area contributed by atoms with Crippen molar-refractivity contribution in [2.45, 2.75) is 122 Å². The van der Waals surface area contributed by atoms with Crippen molar-refractivity contribution >= 4 is 29.8 Å². The van der Waals surface area contributed by atoms with E-state index in [1.807, 2.05) is 30.3 Å². The van der Waals surface area contributed by atoms with E-state index in [1.165, 1.54) is 13.8 Å². The Kier molecular flexibility index (Phi) is 12.5. The van der Waals surface area contributed by atoms with Crippen molar-refractivity contribution in [2.75, 3.05) is 13.2 Å². The van der Waals surface area contributed by atoms with Crippen molar-refractivity contribution in [1.82, 2.24) is 5.32 Å². The van der Waals surface area contributed by atoms with Crippen molar-refractivity contribution < 1.29 is 71.3 Å². The van der Waals surface area contributed by atoms with Crippen LogP contribution in [0.25, 0.3) is 0 Å². The Morgan fingerprint density at radius 2 is 1.42 bits per heavy atom. The van der Waals surface area contributed by atoms with E-state index in [0.717, 1.165) is 26.3 Å². The predicted octanol–water partition coefficient (Wildman–Crippen LogP) is 1.05. The standard InChI is InChI=1S/C32H43NO15/c1-16(34)33-24-27(26-23(15-41-32(6,7)48-26)45-30(24)40-13-21-11-9-8-10-12-21)47-31-29(44-20(5)38)28(43-19(4)37)25(42-18(3)36)22(46-31)14-39-17(2)35/h8-12,22-31H,13-15H2,1-7H3,(H,33,34)/t22?,23?,24-,25-,26-,27+,28-,29-,30+,31-/m0/s1. The van der Waals surface area contributed by atoms with E-state index in [4.69, 9.17) is 47.4 Å². The molecule has 3 aliphatic rings. The van der Waals surface area contributed by atoms with E-state index in [2.05, 4.69) is 5.32 Å². The zero-order chi connectivity index (χ0) is 35.2. The van der Waals surface area contributed by atoms with Gasteiger partial charge in [0, 0.05) is 34.6 Å². The summed E-state index contributed by atoms with van der Waals surface area (Å²) in [6.45, 7) is 8.94. The summed E-state index contributed by atoms with van der Waals surface area (Å²) in [5.74, 6) is -4.59. The van der Waals surface area contributed by atoms with Gasteiger partial charge in [0.1, 0.15) is 37.1 Å². The van der Waals surface area contributed by atoms with Gasteiger partial charge in [-0.2, -0.15) is 0 Å². The van der Waals surface area contributed by atoms with Crippen LogP contribution in [0.3, 0.4) is 0 Å². The fraction of sp³-hybridized carbons (Fsp3) is 0.656. The molecule has 3 saturated heterocycles. The summed E-state index contributed by atoms with van der Waals surface area (Å²) < 4.78 is 59.1. The highest BCUT2D eigenvalue weighted by molar-refractivity contribution is 5.73. The lowest BCUT2D eigenvalue weighted by Crippen LogP contribution is -2.71. The number of amides is 1. The van der Waals surface area contributed by atoms with Crippen LogP contribution >= 0.6 is 0 Å². The molecule has 0 spiro atoms. The van der Waals surface area contributed by atoms with E-state index < -0.39 is 104 Å². The first-order valence-electron chi connectivity index (χ1n) is 15.5. The number of ether oxygens (including phenoxy) is 10. The lowest BCUT2D eigenvalue weighted by molar-refractivity contribution is -0.394. The second-order valence-corrected chi connectivity index (χ2v) is 12.0. The van der Waals surface area contributed by atoms with Gasteiger partial charge in [-0.05, 0) is 19.4 Å². The minimum absolute atomic E-state index is 0.0636. The highest BCUT2D eigenvalue weighted by Gasteiger charge is 2.58. The van der Waals surface area contributed by atoms with Gasteiger partial charge in [0.15, 0.2) is 36.7 Å². The monoisotopic (exact) mass is 681 g/mol. The van der Waals surface area contributed by atoms with Gasteiger partial charge in [-0.1, -0.05) is 30.3 Å². The topological polar surface area (TPSA) is 190 Å². The van der Waals surface area contributed by atoms with Crippen molar-refractivity contribution in [3.8, 4) is 0 Å². The van der Waals surface area contributed by atoms with Gasteiger partial charge in [0.25, 0.3) is 0 Å². The Bertz CT molecular complexity index is 1310. The van der Waals surface area contributed by atoms with Crippen LogP contribution in [0.4, 0.5) is 0 Å². The largest absolute Gasteiger partial charge is 0.463 e. The molecule has 1 aromatic rings. The fourth-order valence-electron chi connectivity index (χ4n) is 5.72. The maximum atomic E-state index is 12.6. The molecule has 3 heterocycles. The van der Waals surface area contributed by atoms with Crippen LogP contribution in [-0.4, -0.2) is 110 Å². The zero-order valence-electron chi connectivity index (χ0n) is 27.9. The molecular weight excluding hydrogens is 638 g/mol. The maximum Gasteiger partial charge on any atom is 0.303 e. The van der Waals surface area contributed by atoms with E-state index >= 15 is 0 Å². The molecule has 48 heavy (non-hydrogen) atoms. The van der Waals surface area contributed by atoms with Crippen molar-refractivity contribution in [1.29, 1.82) is 0 Å². The van der Waals surface area contributed by atoms with Crippen LogP contribution in [0.1, 0.15) is 54.0 Å². The van der Waals surface area contributed by atoms with Gasteiger partial charge >= 0.3 is 23.9 Å². The average molecular weight is 682 g/mol. The number of esters is 4. The molecule has 16 heteroatoms. The van der Waals surface area contributed by atoms with Gasteiger partial charge in [-0.25, -0.2) is 0 Å². The molecule has 0 radical (unpaired) electrons. The van der Waals surface area contributed by atoms with Crippen LogP contribution in [-0.2, 0) is 77.9 Å². The number of carbonyl (C=O) groups excluding carboxylic acids is 5. The zero-order valence-corrected chi connectivity index (χ0v) is 27.9. The summed E-state index contributed by atoms with van der Waals surface area (Å²) in [4.78, 5) is 61.3. The Morgan fingerprint density at radius 3 is 2.02 bits per heavy atom. The van der Waals surface area contributed by atoms with Gasteiger partial charge in [-0.3, -0.25) is 24.0 Å². The third-order valence-electron chi connectivity index (χ3n) is 7.53. The third-order valence-corrected chi connectivity index (χ3v) is 7.53. The molecule has 1 amide bonds. The normalized spacial score (nSPS) is 32.6. The fourth-order valence-corrected chi connectivity index (χ4v) is 5.72. The van der Waals surface area contributed by atoms with Gasteiger partial charge in [0.05, 0.1) is 13.2 Å². The lowest BCUT2D eigenvalue weighted by Gasteiger charge is -2.52. The molecule has 10 atom stereocenters. The quantitative estimate of drug-likeness (QED) is 0.258. The predicted molar refractivity (Wildman–Crippen MR) is 159 cm³/mol. The third kappa shape index (κ3) is 9.93. The highest BCUT2D eigenvalue weighted by Crippen LogP contribution is 2.38. The van der Waals surface area contributed by atoms with Crippen molar-refractivity contribution in [3.63, 3.8) is 0 Å². The number of hydrogen-bond donors (Lipinski definition) is 1. The molecule has 3 fully saturated rings. The molecule has 0 saturated carbocycles. The van der Waals surface area contributed by atoms with E-state index in [-0.39, 0.29) is 13.2 Å². The average Bonchev–Trinajstić information content (AvgIpc) is 2.98. The first kappa shape index (κ1) is 37.2. The number of benzene rings is 1. The van der Waals surface area contributed by atoms with Gasteiger partial charge in [-0.15, -0.1) is 0 Å². The minimum atomic E-state index is -1.56. The van der Waals surface area contributed by atoms with Crippen LogP contribution in [0.15, 0.2) is 30.3 Å². The highest BCUT2D eigenvalue weighted by atomic mass is 16.8. The smallest absolute Gasteiger partial charge is 0.303 e. The van der Waals surface area contributed by atoms with Gasteiger partial charge < -0.3 is 52.7 Å². The Morgan fingerprint density at radius 1 is 0.792 bits per heavy atom. The second-order valence-electron chi connectivity index (χ2n) is 12.0. The van der Waals surface area contributed by atoms with Crippen LogP contribution in [0.2, 0.25) is 0 Å². The summed E-state index contributed by atoms with van der Waals surface area (Å²) >= 11 is 0. The Labute approximate surface area is 277 Å². The molecule has 3 aliphatic heterocycles. The van der Waals surface area contributed by atoms with Crippen LogP contribution < -0.4 is 5.32 Å². The molecule has 2 unspecified atom stereocenters. The summed E-state index contributed by atoms with van der Waals surface area (Å²) in [6.07, 6.45) is -11.1. The minimum Gasteiger partial charge on any atom is -0.463 e. The number of rotatable bonds is 11. The van der Waals surface area contributed by atoms with Crippen molar-refractivity contribution in [3.05, 3.63) is 35.9 Å². The van der Waals surface area contributed by atoms with E-state index in [9.17, 15) is 24.0 Å². The van der Waals surface area contributed by atoms with Gasteiger partial charge in [0.2, 0.25) is 5.91 Å². The Hall–Kier alpha value is -3.67. The summed E-state index contributed by atoms with van der Waals surface area (Å²) in [7, 11) is 0. The molecule has 16 nitrogen and oxygen atoms in total. The maximum absolute atomic E-state index is 12.6. The molecule has 0 aliphatic carbocycles. The van der Waals surface area contributed by atoms with Crippen molar-refractivity contribution in [2.24, 2.45) is 0 Å². The molecule has 0 bridgehead atoms. The SMILES string of the molecule is CC(=O)N[C@@H]1[C@H](OCc2ccccc2)OC2COC(C)(C)O[C@@H]2[C@@H]1O[C@@H]1OC(COC(C)=O)[C@H](OC(C)=O)[C@H](OC(C)=O)[C@@H]1OC(C)=O. The van der Waals surface area contributed by atoms with E-state index in [0.29, 0.717) is 0 Å². The second kappa shape index (κ2) is 16.2. The summed E-state index contributed by atoms with van der Waals surface area (Å²) in [5.41, 5.74) is 0.833. The number of hydrogen-bond acceptors (Lipinski definition) is 15.